The molecule has 1 aliphatic rings. The van der Waals surface area contributed by atoms with E-state index in [9.17, 15) is 24.0 Å². The van der Waals surface area contributed by atoms with Gasteiger partial charge in [0, 0.05) is 0 Å². The summed E-state index contributed by atoms with van der Waals surface area (Å²) in [6.45, 7) is 0. The number of esters is 3. The molecular weight excluding hydrogens is 445 g/mol. The number of allylic oxidation sites excluding steroid dienone is 1. The van der Waals surface area contributed by atoms with Crippen LogP contribution in [0.3, 0.4) is 0 Å². The minimum absolute atomic E-state index is 0.0382. The van der Waals surface area contributed by atoms with E-state index in [4.69, 9.17) is 15.2 Å². The summed E-state index contributed by atoms with van der Waals surface area (Å²) in [5.41, 5.74) is 5.78. The van der Waals surface area contributed by atoms with Crippen molar-refractivity contribution in [1.82, 2.24) is 0 Å². The number of hydrogen-bond donors (Lipinski definition) is 1. The first kappa shape index (κ1) is 24.0. The Hall–Kier alpha value is -4.65. The fraction of sp³-hybridized carbons (Fsp3) is 0.167. The van der Waals surface area contributed by atoms with Crippen LogP contribution < -0.4 is 10.6 Å². The highest BCUT2D eigenvalue weighted by atomic mass is 19.1. The fourth-order valence-corrected chi connectivity index (χ4v) is 3.70. The minimum Gasteiger partial charge on any atom is -0.466 e. The van der Waals surface area contributed by atoms with Crippen LogP contribution in [-0.4, -0.2) is 39.2 Å². The number of nitrogens with zero attached hydrogens (tertiary/aromatic N) is 2. The summed E-state index contributed by atoms with van der Waals surface area (Å²) < 4.78 is 29.1. The van der Waals surface area contributed by atoms with Gasteiger partial charge in [0.05, 0.1) is 55.7 Å². The van der Waals surface area contributed by atoms with Gasteiger partial charge in [0.1, 0.15) is 17.3 Å². The van der Waals surface area contributed by atoms with Gasteiger partial charge in [0.2, 0.25) is 0 Å². The lowest BCUT2D eigenvalue weighted by atomic mass is 9.81. The lowest BCUT2D eigenvalue weighted by Gasteiger charge is -2.35. The molecule has 10 heteroatoms. The first-order chi connectivity index (χ1) is 16.3. The van der Waals surface area contributed by atoms with Crippen LogP contribution in [0.15, 0.2) is 71.2 Å². The number of methoxy groups -OCH3 is 3. The normalized spacial score (nSPS) is 15.5. The summed E-state index contributed by atoms with van der Waals surface area (Å²) in [4.78, 5) is 38.7. The van der Waals surface area contributed by atoms with Gasteiger partial charge < -0.3 is 19.9 Å². The molecule has 9 nitrogen and oxygen atoms in total. The average Bonchev–Trinajstić information content (AvgIpc) is 2.86. The molecule has 0 bridgehead atoms. The first-order valence-electron chi connectivity index (χ1n) is 9.84. The summed E-state index contributed by atoms with van der Waals surface area (Å²) in [6.07, 6.45) is 0. The van der Waals surface area contributed by atoms with Gasteiger partial charge in [-0.3, -0.25) is 4.90 Å². The fourth-order valence-electron chi connectivity index (χ4n) is 3.70. The topological polar surface area (TPSA) is 132 Å². The molecule has 0 radical (unpaired) electrons. The molecule has 0 saturated carbocycles. The van der Waals surface area contributed by atoms with E-state index in [0.29, 0.717) is 5.56 Å². The summed E-state index contributed by atoms with van der Waals surface area (Å²) >= 11 is 0. The number of anilines is 1. The maximum atomic E-state index is 14.7. The number of ether oxygens (including phenoxy) is 3. The van der Waals surface area contributed by atoms with E-state index in [1.807, 2.05) is 6.07 Å². The van der Waals surface area contributed by atoms with E-state index < -0.39 is 29.6 Å². The van der Waals surface area contributed by atoms with Crippen molar-refractivity contribution in [2.45, 2.75) is 5.92 Å². The van der Waals surface area contributed by atoms with Gasteiger partial charge in [0.15, 0.2) is 0 Å². The van der Waals surface area contributed by atoms with Crippen LogP contribution in [0, 0.1) is 17.1 Å². The van der Waals surface area contributed by atoms with Gasteiger partial charge >= 0.3 is 17.9 Å². The number of halogens is 1. The Bertz CT molecular complexity index is 1260. The summed E-state index contributed by atoms with van der Waals surface area (Å²) in [5, 5.41) is 9.97. The van der Waals surface area contributed by atoms with Crippen molar-refractivity contribution in [3.05, 3.63) is 88.1 Å². The zero-order valence-corrected chi connectivity index (χ0v) is 18.5. The summed E-state index contributed by atoms with van der Waals surface area (Å²) in [7, 11) is 3.32. The van der Waals surface area contributed by atoms with Crippen molar-refractivity contribution >= 4 is 23.6 Å². The number of carbonyl (C=O) groups is 3. The molecule has 2 aromatic carbocycles. The second-order valence-electron chi connectivity index (χ2n) is 6.99. The van der Waals surface area contributed by atoms with Crippen LogP contribution in [0.25, 0.3) is 0 Å². The van der Waals surface area contributed by atoms with Crippen LogP contribution in [0.4, 0.5) is 10.1 Å². The second kappa shape index (κ2) is 9.87. The Balaban J connectivity index is 2.37. The third kappa shape index (κ3) is 4.06. The van der Waals surface area contributed by atoms with E-state index >= 15 is 0 Å². The Morgan fingerprint density at radius 2 is 1.59 bits per heavy atom. The Labute approximate surface area is 194 Å². The highest BCUT2D eigenvalue weighted by Crippen LogP contribution is 2.43. The van der Waals surface area contributed by atoms with Crippen molar-refractivity contribution in [2.24, 2.45) is 5.73 Å². The predicted molar refractivity (Wildman–Crippen MR) is 117 cm³/mol. The molecule has 174 valence electrons. The predicted octanol–water partition coefficient (Wildman–Crippen LogP) is 2.51. The van der Waals surface area contributed by atoms with E-state index in [1.165, 1.54) is 6.07 Å². The third-order valence-electron chi connectivity index (χ3n) is 5.23. The van der Waals surface area contributed by atoms with Crippen molar-refractivity contribution in [3.8, 4) is 6.07 Å². The Morgan fingerprint density at radius 1 is 0.971 bits per heavy atom. The molecule has 0 aromatic heterocycles. The molecule has 2 aromatic rings. The van der Waals surface area contributed by atoms with Crippen LogP contribution in [0.1, 0.15) is 21.8 Å². The molecule has 1 atom stereocenters. The standard InChI is InChI=1S/C24H20FN3O6/c1-32-22(29)15-10-9-14(11-17(15)25)28-20(24(31)34-3)19(23(30)33-2)18(16(12-26)21(28)27)13-7-5-4-6-8-13/h4-11,18H,27H2,1-3H3. The molecule has 0 amide bonds. The van der Waals surface area contributed by atoms with Crippen molar-refractivity contribution in [1.29, 1.82) is 5.26 Å². The maximum Gasteiger partial charge on any atom is 0.355 e. The molecule has 0 spiro atoms. The molecule has 34 heavy (non-hydrogen) atoms. The van der Waals surface area contributed by atoms with Crippen molar-refractivity contribution < 1.29 is 33.0 Å². The zero-order chi connectivity index (χ0) is 25.0. The van der Waals surface area contributed by atoms with Gasteiger partial charge in [-0.2, -0.15) is 5.26 Å². The lowest BCUT2D eigenvalue weighted by Crippen LogP contribution is -2.40. The SMILES string of the molecule is COC(=O)C1=C(C(=O)OC)N(c2ccc(C(=O)OC)c(F)c2)C(N)=C(C#N)C1c1ccccc1. The highest BCUT2D eigenvalue weighted by Gasteiger charge is 2.43. The molecule has 1 unspecified atom stereocenters. The van der Waals surface area contributed by atoms with Gasteiger partial charge in [-0.25, -0.2) is 18.8 Å². The number of hydrogen-bond acceptors (Lipinski definition) is 9. The molecule has 2 N–H and O–H groups in total. The quantitative estimate of drug-likeness (QED) is 0.522. The first-order valence-corrected chi connectivity index (χ1v) is 9.84. The Kier molecular flexibility index (Phi) is 6.97. The highest BCUT2D eigenvalue weighted by molar-refractivity contribution is 6.06. The van der Waals surface area contributed by atoms with Gasteiger partial charge in [0.25, 0.3) is 0 Å². The van der Waals surface area contributed by atoms with Gasteiger partial charge in [-0.05, 0) is 23.8 Å². The minimum atomic E-state index is -1.05. The molecule has 3 rings (SSSR count). The lowest BCUT2D eigenvalue weighted by molar-refractivity contribution is -0.139. The zero-order valence-electron chi connectivity index (χ0n) is 18.5. The number of nitrogens with two attached hydrogens (primary N) is 1. The Morgan fingerprint density at radius 3 is 2.12 bits per heavy atom. The molecular formula is C24H20FN3O6. The third-order valence-corrected chi connectivity index (χ3v) is 5.23. The molecule has 0 saturated heterocycles. The van der Waals surface area contributed by atoms with Crippen LogP contribution in [-0.2, 0) is 23.8 Å². The van der Waals surface area contributed by atoms with Crippen LogP contribution in [0.2, 0.25) is 0 Å². The molecule has 0 fully saturated rings. The van der Waals surface area contributed by atoms with E-state index in [2.05, 4.69) is 4.74 Å². The number of carbonyl (C=O) groups excluding carboxylic acids is 3. The van der Waals surface area contributed by atoms with E-state index in [-0.39, 0.29) is 33.9 Å². The average molecular weight is 465 g/mol. The van der Waals surface area contributed by atoms with Crippen molar-refractivity contribution in [3.63, 3.8) is 0 Å². The van der Waals surface area contributed by atoms with Gasteiger partial charge in [-0.15, -0.1) is 0 Å². The van der Waals surface area contributed by atoms with Crippen LogP contribution >= 0.6 is 0 Å². The molecule has 1 heterocycles. The van der Waals surface area contributed by atoms with Crippen LogP contribution in [0.5, 0.6) is 0 Å². The number of rotatable bonds is 5. The number of benzene rings is 2. The summed E-state index contributed by atoms with van der Waals surface area (Å²) in [6, 6.07) is 13.8. The number of nitriles is 1. The monoisotopic (exact) mass is 465 g/mol. The van der Waals surface area contributed by atoms with E-state index in [0.717, 1.165) is 38.4 Å². The van der Waals surface area contributed by atoms with Gasteiger partial charge in [-0.1, -0.05) is 30.3 Å². The van der Waals surface area contributed by atoms with Crippen molar-refractivity contribution in [2.75, 3.05) is 26.2 Å². The molecule has 0 aliphatic carbocycles. The largest absolute Gasteiger partial charge is 0.466 e. The summed E-state index contributed by atoms with van der Waals surface area (Å²) in [5.74, 6) is -5.04. The van der Waals surface area contributed by atoms with E-state index in [1.54, 1.807) is 30.3 Å². The maximum absolute atomic E-state index is 14.7. The second-order valence-corrected chi connectivity index (χ2v) is 6.99. The molecule has 1 aliphatic heterocycles. The smallest absolute Gasteiger partial charge is 0.355 e.